The average molecular weight is 225 g/mol. The Morgan fingerprint density at radius 1 is 1.62 bits per heavy atom. The maximum absolute atomic E-state index is 11.3. The molecule has 0 unspecified atom stereocenters. The lowest BCUT2D eigenvalue weighted by molar-refractivity contribution is -0.143. The fraction of sp³-hybridized carbons (Fsp3) is 0.636. The van der Waals surface area contributed by atoms with Crippen LogP contribution in [-0.2, 0) is 9.53 Å². The van der Waals surface area contributed by atoms with Crippen LogP contribution in [0.2, 0.25) is 0 Å². The molecule has 2 aliphatic carbocycles. The Hall–Kier alpha value is -1.52. The molecule has 0 aromatic heterocycles. The van der Waals surface area contributed by atoms with Crippen molar-refractivity contribution in [2.45, 2.75) is 25.3 Å². The summed E-state index contributed by atoms with van der Waals surface area (Å²) < 4.78 is 4.80. The summed E-state index contributed by atoms with van der Waals surface area (Å²) in [4.78, 5) is 22.3. The number of nitrogens with one attached hydrogen (secondary N) is 1. The minimum absolute atomic E-state index is 0.0478. The first kappa shape index (κ1) is 11.0. The maximum Gasteiger partial charge on any atom is 0.407 e. The summed E-state index contributed by atoms with van der Waals surface area (Å²) in [5, 5.41) is 11.8. The van der Waals surface area contributed by atoms with Gasteiger partial charge in [-0.2, -0.15) is 0 Å². The molecule has 0 spiro atoms. The minimum atomic E-state index is -0.735. The van der Waals surface area contributed by atoms with Gasteiger partial charge < -0.3 is 15.2 Å². The molecule has 2 rings (SSSR count). The van der Waals surface area contributed by atoms with E-state index >= 15 is 0 Å². The highest BCUT2D eigenvalue weighted by Crippen LogP contribution is 2.63. The zero-order valence-corrected chi connectivity index (χ0v) is 8.94. The third-order valence-electron chi connectivity index (χ3n) is 3.58. The Morgan fingerprint density at radius 2 is 2.38 bits per heavy atom. The second-order valence-electron chi connectivity index (χ2n) is 4.45. The van der Waals surface area contributed by atoms with Crippen molar-refractivity contribution in [2.75, 3.05) is 6.61 Å². The normalized spacial score (nSPS) is 35.0. The van der Waals surface area contributed by atoms with Crippen molar-refractivity contribution in [3.05, 3.63) is 12.7 Å². The van der Waals surface area contributed by atoms with Gasteiger partial charge in [0.25, 0.3) is 0 Å². The Kier molecular flexibility index (Phi) is 2.61. The van der Waals surface area contributed by atoms with Crippen LogP contribution < -0.4 is 5.32 Å². The van der Waals surface area contributed by atoms with Crippen LogP contribution in [0.3, 0.4) is 0 Å². The van der Waals surface area contributed by atoms with E-state index in [-0.39, 0.29) is 18.6 Å². The molecule has 5 nitrogen and oxygen atoms in total. The highest BCUT2D eigenvalue weighted by Gasteiger charge is 2.67. The molecule has 1 amide bonds. The molecule has 0 aliphatic heterocycles. The number of carbonyl (C=O) groups is 2. The van der Waals surface area contributed by atoms with Gasteiger partial charge in [0.2, 0.25) is 0 Å². The monoisotopic (exact) mass is 225 g/mol. The van der Waals surface area contributed by atoms with Crippen molar-refractivity contribution < 1.29 is 19.4 Å². The number of alkyl carbamates (subject to hydrolysis) is 1. The molecule has 0 radical (unpaired) electrons. The molecule has 0 aromatic rings. The zero-order valence-electron chi connectivity index (χ0n) is 8.94. The fourth-order valence-corrected chi connectivity index (χ4v) is 2.62. The molecular weight excluding hydrogens is 210 g/mol. The van der Waals surface area contributed by atoms with E-state index in [0.29, 0.717) is 12.8 Å². The summed E-state index contributed by atoms with van der Waals surface area (Å²) >= 11 is 0. The maximum atomic E-state index is 11.3. The van der Waals surface area contributed by atoms with Gasteiger partial charge in [-0.15, -0.1) is 0 Å². The fourth-order valence-electron chi connectivity index (χ4n) is 2.62. The van der Waals surface area contributed by atoms with Crippen molar-refractivity contribution in [1.82, 2.24) is 5.32 Å². The van der Waals surface area contributed by atoms with E-state index in [2.05, 4.69) is 11.9 Å². The number of hydrogen-bond acceptors (Lipinski definition) is 3. The highest BCUT2D eigenvalue weighted by atomic mass is 16.5. The molecule has 0 heterocycles. The number of amides is 1. The summed E-state index contributed by atoms with van der Waals surface area (Å²) in [5.74, 6) is -0.650. The van der Waals surface area contributed by atoms with Gasteiger partial charge in [-0.3, -0.25) is 4.79 Å². The Bertz CT molecular complexity index is 341. The van der Waals surface area contributed by atoms with E-state index in [1.54, 1.807) is 0 Å². The quantitative estimate of drug-likeness (QED) is 0.704. The second kappa shape index (κ2) is 3.81. The number of carboxylic acids is 1. The lowest BCUT2D eigenvalue weighted by Gasteiger charge is -2.13. The molecule has 0 bridgehead atoms. The van der Waals surface area contributed by atoms with Crippen molar-refractivity contribution in [2.24, 2.45) is 11.3 Å². The van der Waals surface area contributed by atoms with Crippen LogP contribution >= 0.6 is 0 Å². The number of rotatable bonds is 4. The first-order valence-electron chi connectivity index (χ1n) is 5.38. The van der Waals surface area contributed by atoms with Crippen LogP contribution in [0.5, 0.6) is 0 Å². The Morgan fingerprint density at radius 3 is 2.88 bits per heavy atom. The van der Waals surface area contributed by atoms with Gasteiger partial charge in [0.1, 0.15) is 6.61 Å². The number of carboxylic acid groups (broad SMARTS) is 1. The summed E-state index contributed by atoms with van der Waals surface area (Å²) in [6.07, 6.45) is 3.05. The largest absolute Gasteiger partial charge is 0.481 e. The van der Waals surface area contributed by atoms with Crippen LogP contribution in [0.1, 0.15) is 19.3 Å². The molecular formula is C11H15NO4. The molecule has 0 aromatic carbocycles. The lowest BCUT2D eigenvalue weighted by Crippen LogP contribution is -2.35. The van der Waals surface area contributed by atoms with Crippen molar-refractivity contribution in [3.63, 3.8) is 0 Å². The van der Waals surface area contributed by atoms with Crippen molar-refractivity contribution in [3.8, 4) is 0 Å². The van der Waals surface area contributed by atoms with Crippen molar-refractivity contribution in [1.29, 1.82) is 0 Å². The van der Waals surface area contributed by atoms with Gasteiger partial charge in [-0.25, -0.2) is 4.79 Å². The van der Waals surface area contributed by atoms with E-state index in [0.717, 1.165) is 6.42 Å². The van der Waals surface area contributed by atoms with E-state index in [1.165, 1.54) is 6.08 Å². The first-order valence-corrected chi connectivity index (χ1v) is 5.38. The number of aliphatic carboxylic acids is 1. The summed E-state index contributed by atoms with van der Waals surface area (Å²) in [7, 11) is 0. The second-order valence-corrected chi connectivity index (χ2v) is 4.45. The number of carbonyl (C=O) groups excluding carboxylic acids is 1. The summed E-state index contributed by atoms with van der Waals surface area (Å²) in [6.45, 7) is 3.61. The van der Waals surface area contributed by atoms with Gasteiger partial charge in [0, 0.05) is 6.04 Å². The summed E-state index contributed by atoms with van der Waals surface area (Å²) in [6, 6.07) is -0.0478. The molecule has 16 heavy (non-hydrogen) atoms. The first-order chi connectivity index (χ1) is 7.60. The number of fused-ring (bicyclic) bond motifs is 1. The van der Waals surface area contributed by atoms with Crippen LogP contribution in [0.4, 0.5) is 4.79 Å². The van der Waals surface area contributed by atoms with Gasteiger partial charge in [-0.1, -0.05) is 12.7 Å². The number of ether oxygens (including phenoxy) is 1. The molecule has 5 heteroatoms. The van der Waals surface area contributed by atoms with E-state index in [4.69, 9.17) is 9.84 Å². The topological polar surface area (TPSA) is 75.6 Å². The van der Waals surface area contributed by atoms with Crippen LogP contribution in [-0.4, -0.2) is 29.8 Å². The molecule has 0 saturated heterocycles. The van der Waals surface area contributed by atoms with Gasteiger partial charge in [0.05, 0.1) is 5.41 Å². The smallest absolute Gasteiger partial charge is 0.407 e. The van der Waals surface area contributed by atoms with E-state index in [1.807, 2.05) is 0 Å². The van der Waals surface area contributed by atoms with Crippen LogP contribution in [0.25, 0.3) is 0 Å². The van der Waals surface area contributed by atoms with E-state index < -0.39 is 17.5 Å². The summed E-state index contributed by atoms with van der Waals surface area (Å²) in [5.41, 5.74) is -0.559. The Labute approximate surface area is 93.5 Å². The highest BCUT2D eigenvalue weighted by molar-refractivity contribution is 5.80. The third kappa shape index (κ3) is 1.66. The predicted molar refractivity (Wildman–Crippen MR) is 55.9 cm³/mol. The molecule has 88 valence electrons. The zero-order chi connectivity index (χ0) is 11.8. The number of hydrogen-bond donors (Lipinski definition) is 2. The Balaban J connectivity index is 1.84. The minimum Gasteiger partial charge on any atom is -0.481 e. The van der Waals surface area contributed by atoms with Gasteiger partial charge in [0.15, 0.2) is 0 Å². The average Bonchev–Trinajstić information content (AvgIpc) is 2.90. The van der Waals surface area contributed by atoms with Gasteiger partial charge in [-0.05, 0) is 25.2 Å². The molecule has 2 N–H and O–H groups in total. The van der Waals surface area contributed by atoms with Crippen molar-refractivity contribution >= 4 is 12.1 Å². The predicted octanol–water partition coefficient (Wildman–Crippen LogP) is 1.15. The molecule has 3 atom stereocenters. The lowest BCUT2D eigenvalue weighted by atomic mass is 10.1. The SMILES string of the molecule is C=CCOC(=O)N[C@@H]1CC[C@@]2(C(=O)O)C[C@@H]12. The molecule has 2 saturated carbocycles. The van der Waals surface area contributed by atoms with Crippen LogP contribution in [0, 0.1) is 11.3 Å². The van der Waals surface area contributed by atoms with Crippen LogP contribution in [0.15, 0.2) is 12.7 Å². The van der Waals surface area contributed by atoms with Gasteiger partial charge >= 0.3 is 12.1 Å². The third-order valence-corrected chi connectivity index (χ3v) is 3.58. The molecule has 2 aliphatic rings. The van der Waals surface area contributed by atoms with E-state index in [9.17, 15) is 9.59 Å². The standard InChI is InChI=1S/C11H15NO4/c1-2-5-16-10(15)12-8-3-4-11(9(13)14)6-7(8)11/h2,7-8H,1,3-6H2,(H,12,15)(H,13,14)/t7-,8+,11+/m0/s1. The molecule has 2 fully saturated rings.